The lowest BCUT2D eigenvalue weighted by atomic mass is 9.82. The van der Waals surface area contributed by atoms with Crippen molar-refractivity contribution in [2.75, 3.05) is 7.05 Å². The Hall–Kier alpha value is -3.74. The summed E-state index contributed by atoms with van der Waals surface area (Å²) in [5.74, 6) is -0.108. The molecule has 4 rings (SSSR count). The molecule has 1 aliphatic heterocycles. The third-order valence-electron chi connectivity index (χ3n) is 4.69. The lowest BCUT2D eigenvalue weighted by Gasteiger charge is -2.26. The number of nitrogens with zero attached hydrogens (tertiary/aromatic N) is 3. The first-order valence-electron chi connectivity index (χ1n) is 8.37. The molecule has 0 bridgehead atoms. The Bertz CT molecular complexity index is 1110. The molecule has 0 saturated heterocycles. The maximum atomic E-state index is 13.2. The molecular weight excluding hydrogens is 342 g/mol. The van der Waals surface area contributed by atoms with E-state index >= 15 is 0 Å². The molecule has 0 fully saturated rings. The van der Waals surface area contributed by atoms with Crippen molar-refractivity contribution in [2.24, 2.45) is 10.7 Å². The molecular formula is C20H17N5O2. The average molecular weight is 359 g/mol. The summed E-state index contributed by atoms with van der Waals surface area (Å²) < 4.78 is 0. The third kappa shape index (κ3) is 2.52. The predicted octanol–water partition coefficient (Wildman–Crippen LogP) is 1.47. The van der Waals surface area contributed by atoms with Gasteiger partial charge in [-0.3, -0.25) is 14.5 Å². The molecule has 0 spiro atoms. The molecule has 3 aromatic rings. The number of hydrogen-bond acceptors (Lipinski definition) is 5. The molecule has 2 heterocycles. The summed E-state index contributed by atoms with van der Waals surface area (Å²) in [5.41, 5.74) is 6.58. The van der Waals surface area contributed by atoms with Crippen LogP contribution in [0.2, 0.25) is 0 Å². The molecule has 2 aromatic carbocycles. The SMILES string of the molecule is CN1C(=O)C(c2ccccc2)(c2cccc(-c3ncc[nH]c3=O)c2)N=C1N. The maximum Gasteiger partial charge on any atom is 0.274 e. The summed E-state index contributed by atoms with van der Waals surface area (Å²) in [4.78, 5) is 38.0. The number of likely N-dealkylation sites (N-methyl/N-ethyl adjacent to an activating group) is 1. The second kappa shape index (κ2) is 6.21. The Morgan fingerprint density at radius 1 is 1.04 bits per heavy atom. The number of carbonyl (C=O) groups excluding carboxylic acids is 1. The molecule has 27 heavy (non-hydrogen) atoms. The molecule has 3 N–H and O–H groups in total. The highest BCUT2D eigenvalue weighted by atomic mass is 16.2. The second-order valence-corrected chi connectivity index (χ2v) is 6.26. The lowest BCUT2D eigenvalue weighted by molar-refractivity contribution is -0.129. The van der Waals surface area contributed by atoms with E-state index in [9.17, 15) is 9.59 Å². The van der Waals surface area contributed by atoms with Crippen LogP contribution in [-0.4, -0.2) is 33.8 Å². The van der Waals surface area contributed by atoms with E-state index in [1.54, 1.807) is 25.2 Å². The quantitative estimate of drug-likeness (QED) is 0.739. The summed E-state index contributed by atoms with van der Waals surface area (Å²) in [7, 11) is 1.60. The highest BCUT2D eigenvalue weighted by Gasteiger charge is 2.49. The van der Waals surface area contributed by atoms with Gasteiger partial charge in [-0.1, -0.05) is 48.5 Å². The van der Waals surface area contributed by atoms with Gasteiger partial charge in [0.1, 0.15) is 5.69 Å². The first kappa shape index (κ1) is 16.7. The highest BCUT2D eigenvalue weighted by molar-refractivity contribution is 6.09. The minimum absolute atomic E-state index is 0.143. The number of H-pyrrole nitrogens is 1. The molecule has 0 radical (unpaired) electrons. The number of nitrogens with two attached hydrogens (primary N) is 1. The number of carbonyl (C=O) groups is 1. The van der Waals surface area contributed by atoms with Crippen molar-refractivity contribution in [3.8, 4) is 11.3 Å². The standard InChI is InChI=1S/C20H17N5O2/c1-25-18(27)20(24-19(25)21,14-7-3-2-4-8-14)15-9-5-6-13(12-15)16-17(26)23-11-10-22-16/h2-12H,1H3,(H2,21,24)(H,23,26). The normalized spacial score (nSPS) is 19.2. The van der Waals surface area contributed by atoms with Crippen LogP contribution in [0.4, 0.5) is 0 Å². The van der Waals surface area contributed by atoms with Crippen LogP contribution < -0.4 is 11.3 Å². The van der Waals surface area contributed by atoms with E-state index < -0.39 is 5.54 Å². The van der Waals surface area contributed by atoms with Crippen LogP contribution in [0.1, 0.15) is 11.1 Å². The molecule has 0 saturated carbocycles. The monoisotopic (exact) mass is 359 g/mol. The van der Waals surface area contributed by atoms with Crippen molar-refractivity contribution in [3.63, 3.8) is 0 Å². The molecule has 1 aliphatic rings. The number of aromatic nitrogens is 2. The zero-order chi connectivity index (χ0) is 19.0. The molecule has 1 amide bonds. The largest absolute Gasteiger partial charge is 0.369 e. The number of aromatic amines is 1. The number of hydrogen-bond donors (Lipinski definition) is 2. The molecule has 1 unspecified atom stereocenters. The minimum atomic E-state index is -1.29. The zero-order valence-corrected chi connectivity index (χ0v) is 14.6. The number of benzene rings is 2. The third-order valence-corrected chi connectivity index (χ3v) is 4.69. The topological polar surface area (TPSA) is 104 Å². The molecule has 7 nitrogen and oxygen atoms in total. The van der Waals surface area contributed by atoms with E-state index in [-0.39, 0.29) is 23.1 Å². The molecule has 7 heteroatoms. The first-order chi connectivity index (χ1) is 13.0. The van der Waals surface area contributed by atoms with E-state index in [1.165, 1.54) is 17.3 Å². The Morgan fingerprint density at radius 2 is 1.78 bits per heavy atom. The number of rotatable bonds is 3. The van der Waals surface area contributed by atoms with Crippen LogP contribution in [0, 0.1) is 0 Å². The van der Waals surface area contributed by atoms with Crippen molar-refractivity contribution in [3.05, 3.63) is 88.5 Å². The van der Waals surface area contributed by atoms with Gasteiger partial charge in [0, 0.05) is 25.0 Å². The Morgan fingerprint density at radius 3 is 2.44 bits per heavy atom. The number of nitrogens with one attached hydrogen (secondary N) is 1. The number of amides is 1. The van der Waals surface area contributed by atoms with Crippen molar-refractivity contribution in [1.29, 1.82) is 0 Å². The van der Waals surface area contributed by atoms with E-state index in [4.69, 9.17) is 5.73 Å². The van der Waals surface area contributed by atoms with Crippen LogP contribution in [-0.2, 0) is 10.3 Å². The average Bonchev–Trinajstić information content (AvgIpc) is 2.94. The fourth-order valence-electron chi connectivity index (χ4n) is 3.31. The van der Waals surface area contributed by atoms with Crippen molar-refractivity contribution in [1.82, 2.24) is 14.9 Å². The van der Waals surface area contributed by atoms with Gasteiger partial charge in [-0.05, 0) is 17.2 Å². The minimum Gasteiger partial charge on any atom is -0.369 e. The van der Waals surface area contributed by atoms with Crippen molar-refractivity contribution < 1.29 is 4.79 Å². The van der Waals surface area contributed by atoms with E-state index in [0.717, 1.165) is 0 Å². The van der Waals surface area contributed by atoms with Gasteiger partial charge in [-0.15, -0.1) is 0 Å². The fraction of sp³-hybridized carbons (Fsp3) is 0.100. The maximum absolute atomic E-state index is 13.2. The number of aliphatic imine (C=N–C) groups is 1. The second-order valence-electron chi connectivity index (χ2n) is 6.26. The Kier molecular flexibility index (Phi) is 3.84. The van der Waals surface area contributed by atoms with Crippen molar-refractivity contribution >= 4 is 11.9 Å². The highest BCUT2D eigenvalue weighted by Crippen LogP contribution is 2.39. The van der Waals surface area contributed by atoms with Gasteiger partial charge < -0.3 is 10.7 Å². The summed E-state index contributed by atoms with van der Waals surface area (Å²) in [5, 5.41) is 0. The molecule has 1 atom stereocenters. The molecule has 134 valence electrons. The molecule has 1 aromatic heterocycles. The Balaban J connectivity index is 1.96. The fourth-order valence-corrected chi connectivity index (χ4v) is 3.31. The Labute approximate surface area is 155 Å². The van der Waals surface area contributed by atoms with Crippen LogP contribution in [0.15, 0.2) is 76.8 Å². The number of guanidine groups is 1. The van der Waals surface area contributed by atoms with E-state index in [0.29, 0.717) is 16.7 Å². The van der Waals surface area contributed by atoms with Crippen LogP contribution in [0.5, 0.6) is 0 Å². The van der Waals surface area contributed by atoms with Crippen LogP contribution in [0.25, 0.3) is 11.3 Å². The van der Waals surface area contributed by atoms with Crippen LogP contribution >= 0.6 is 0 Å². The lowest BCUT2D eigenvalue weighted by Crippen LogP contribution is -2.41. The zero-order valence-electron chi connectivity index (χ0n) is 14.6. The molecule has 0 aliphatic carbocycles. The van der Waals surface area contributed by atoms with Crippen LogP contribution in [0.3, 0.4) is 0 Å². The van der Waals surface area contributed by atoms with Crippen molar-refractivity contribution in [2.45, 2.75) is 5.54 Å². The summed E-state index contributed by atoms with van der Waals surface area (Å²) >= 11 is 0. The van der Waals surface area contributed by atoms with Gasteiger partial charge in [0.15, 0.2) is 11.5 Å². The summed E-state index contributed by atoms with van der Waals surface area (Å²) in [6.07, 6.45) is 2.99. The first-order valence-corrected chi connectivity index (χ1v) is 8.37. The van der Waals surface area contributed by atoms with Gasteiger partial charge in [0.2, 0.25) is 0 Å². The summed E-state index contributed by atoms with van der Waals surface area (Å²) in [6, 6.07) is 16.4. The van der Waals surface area contributed by atoms with Gasteiger partial charge in [-0.2, -0.15) is 0 Å². The van der Waals surface area contributed by atoms with E-state index in [2.05, 4.69) is 15.0 Å². The van der Waals surface area contributed by atoms with Gasteiger partial charge in [0.25, 0.3) is 11.5 Å². The van der Waals surface area contributed by atoms with Gasteiger partial charge >= 0.3 is 0 Å². The van der Waals surface area contributed by atoms with E-state index in [1.807, 2.05) is 36.4 Å². The van der Waals surface area contributed by atoms with Gasteiger partial charge in [-0.25, -0.2) is 9.98 Å². The summed E-state index contributed by atoms with van der Waals surface area (Å²) in [6.45, 7) is 0. The smallest absolute Gasteiger partial charge is 0.274 e. The van der Waals surface area contributed by atoms with Gasteiger partial charge in [0.05, 0.1) is 0 Å². The predicted molar refractivity (Wildman–Crippen MR) is 102 cm³/mol.